The van der Waals surface area contributed by atoms with E-state index in [-0.39, 0.29) is 17.5 Å². The molecule has 1 heterocycles. The average Bonchev–Trinajstić information content (AvgIpc) is 2.71. The minimum atomic E-state index is -0.281. The Morgan fingerprint density at radius 2 is 1.68 bits per heavy atom. The summed E-state index contributed by atoms with van der Waals surface area (Å²) in [4.78, 5) is 28.4. The van der Waals surface area contributed by atoms with Gasteiger partial charge in [0.05, 0.1) is 13.7 Å². The number of nitrogens with one attached hydrogen (secondary N) is 2. The van der Waals surface area contributed by atoms with Gasteiger partial charge in [0.1, 0.15) is 23.8 Å². The van der Waals surface area contributed by atoms with Crippen molar-refractivity contribution in [2.24, 2.45) is 5.92 Å². The molecule has 0 aliphatic heterocycles. The Morgan fingerprint density at radius 1 is 1.00 bits per heavy atom. The van der Waals surface area contributed by atoms with Crippen molar-refractivity contribution in [2.75, 3.05) is 26.8 Å². The molecule has 1 aromatic heterocycles. The molecule has 0 spiro atoms. The van der Waals surface area contributed by atoms with E-state index < -0.39 is 0 Å². The SMILES string of the molecule is COc1ccc(OCCNC(=O)c2ccnc(C(=O)NCCC(C)C)c2)cc1. The lowest BCUT2D eigenvalue weighted by Crippen LogP contribution is -2.29. The molecule has 0 unspecified atom stereocenters. The number of carbonyl (C=O) groups excluding carboxylic acids is 2. The number of ether oxygens (including phenoxy) is 2. The van der Waals surface area contributed by atoms with E-state index in [4.69, 9.17) is 9.47 Å². The Labute approximate surface area is 165 Å². The summed E-state index contributed by atoms with van der Waals surface area (Å²) < 4.78 is 10.7. The predicted molar refractivity (Wildman–Crippen MR) is 107 cm³/mol. The molecule has 0 aliphatic carbocycles. The van der Waals surface area contributed by atoms with Crippen molar-refractivity contribution in [3.63, 3.8) is 0 Å². The van der Waals surface area contributed by atoms with Crippen LogP contribution >= 0.6 is 0 Å². The molecule has 2 aromatic rings. The summed E-state index contributed by atoms with van der Waals surface area (Å²) in [6.45, 7) is 5.42. The van der Waals surface area contributed by atoms with Gasteiger partial charge in [-0.15, -0.1) is 0 Å². The highest BCUT2D eigenvalue weighted by Crippen LogP contribution is 2.16. The zero-order chi connectivity index (χ0) is 20.4. The molecule has 0 atom stereocenters. The van der Waals surface area contributed by atoms with Gasteiger partial charge in [0.25, 0.3) is 11.8 Å². The number of pyridine rings is 1. The first kappa shape index (κ1) is 21.2. The third-order valence-corrected chi connectivity index (χ3v) is 3.98. The highest BCUT2D eigenvalue weighted by Gasteiger charge is 2.11. The normalized spacial score (nSPS) is 10.4. The topological polar surface area (TPSA) is 89.6 Å². The molecular formula is C21H27N3O4. The second-order valence-electron chi connectivity index (χ2n) is 6.65. The Bertz CT molecular complexity index is 775. The van der Waals surface area contributed by atoms with Gasteiger partial charge >= 0.3 is 0 Å². The largest absolute Gasteiger partial charge is 0.497 e. The van der Waals surface area contributed by atoms with Gasteiger partial charge in [0, 0.05) is 18.3 Å². The third-order valence-electron chi connectivity index (χ3n) is 3.98. The lowest BCUT2D eigenvalue weighted by Gasteiger charge is -2.09. The minimum absolute atomic E-state index is 0.228. The van der Waals surface area contributed by atoms with Crippen molar-refractivity contribution in [3.05, 3.63) is 53.9 Å². The summed E-state index contributed by atoms with van der Waals surface area (Å²) in [5, 5.41) is 5.58. The summed E-state index contributed by atoms with van der Waals surface area (Å²) in [7, 11) is 1.60. The maximum absolute atomic E-state index is 12.3. The summed E-state index contributed by atoms with van der Waals surface area (Å²) in [5.74, 6) is 1.39. The Balaban J connectivity index is 1.79. The summed E-state index contributed by atoms with van der Waals surface area (Å²) in [6, 6.07) is 10.3. The number of carbonyl (C=O) groups is 2. The third kappa shape index (κ3) is 6.90. The van der Waals surface area contributed by atoms with Gasteiger partial charge in [-0.2, -0.15) is 0 Å². The quantitative estimate of drug-likeness (QED) is 0.614. The summed E-state index contributed by atoms with van der Waals surface area (Å²) >= 11 is 0. The number of hydrogen-bond donors (Lipinski definition) is 2. The van der Waals surface area contributed by atoms with Crippen molar-refractivity contribution >= 4 is 11.8 Å². The van der Waals surface area contributed by atoms with Gasteiger partial charge in [-0.05, 0) is 48.7 Å². The van der Waals surface area contributed by atoms with Crippen LogP contribution in [-0.2, 0) is 0 Å². The highest BCUT2D eigenvalue weighted by atomic mass is 16.5. The molecule has 150 valence electrons. The Hall–Kier alpha value is -3.09. The number of nitrogens with zero attached hydrogens (tertiary/aromatic N) is 1. The van der Waals surface area contributed by atoms with Crippen LogP contribution in [0.2, 0.25) is 0 Å². The van der Waals surface area contributed by atoms with Gasteiger partial charge in [0.2, 0.25) is 0 Å². The molecule has 28 heavy (non-hydrogen) atoms. The van der Waals surface area contributed by atoms with E-state index in [1.54, 1.807) is 37.4 Å². The van der Waals surface area contributed by atoms with Crippen molar-refractivity contribution in [3.8, 4) is 11.5 Å². The van der Waals surface area contributed by atoms with Crippen LogP contribution in [0.5, 0.6) is 11.5 Å². The second kappa shape index (κ2) is 10.9. The molecule has 0 saturated heterocycles. The van der Waals surface area contributed by atoms with Crippen LogP contribution in [0, 0.1) is 5.92 Å². The fourth-order valence-electron chi connectivity index (χ4n) is 2.37. The van der Waals surface area contributed by atoms with E-state index in [0.717, 1.165) is 12.2 Å². The first-order valence-corrected chi connectivity index (χ1v) is 9.29. The van der Waals surface area contributed by atoms with Gasteiger partial charge in [-0.3, -0.25) is 14.6 Å². The molecule has 0 fully saturated rings. The molecular weight excluding hydrogens is 358 g/mol. The first-order valence-electron chi connectivity index (χ1n) is 9.29. The number of hydrogen-bond acceptors (Lipinski definition) is 5. The van der Waals surface area contributed by atoms with Crippen molar-refractivity contribution in [1.82, 2.24) is 15.6 Å². The fourth-order valence-corrected chi connectivity index (χ4v) is 2.37. The Kier molecular flexibility index (Phi) is 8.27. The molecule has 2 N–H and O–H groups in total. The van der Waals surface area contributed by atoms with E-state index in [2.05, 4.69) is 29.5 Å². The summed E-state index contributed by atoms with van der Waals surface area (Å²) in [5.41, 5.74) is 0.611. The lowest BCUT2D eigenvalue weighted by molar-refractivity contribution is 0.0946. The van der Waals surface area contributed by atoms with Crippen LogP contribution < -0.4 is 20.1 Å². The van der Waals surface area contributed by atoms with Gasteiger partial charge < -0.3 is 20.1 Å². The molecule has 7 heteroatoms. The Morgan fingerprint density at radius 3 is 2.36 bits per heavy atom. The van der Waals surface area contributed by atoms with Crippen molar-refractivity contribution < 1.29 is 19.1 Å². The number of rotatable bonds is 10. The number of methoxy groups -OCH3 is 1. The molecule has 0 bridgehead atoms. The fraction of sp³-hybridized carbons (Fsp3) is 0.381. The van der Waals surface area contributed by atoms with Gasteiger partial charge in [0.15, 0.2) is 0 Å². The van der Waals surface area contributed by atoms with E-state index in [9.17, 15) is 9.59 Å². The predicted octanol–water partition coefficient (Wildman–Crippen LogP) is 2.67. The molecule has 2 rings (SSSR count). The van der Waals surface area contributed by atoms with Crippen molar-refractivity contribution in [1.29, 1.82) is 0 Å². The minimum Gasteiger partial charge on any atom is -0.497 e. The number of amides is 2. The van der Waals surface area contributed by atoms with Crippen LogP contribution in [0.1, 0.15) is 41.1 Å². The standard InChI is InChI=1S/C21H27N3O4/c1-15(2)8-10-23-21(26)19-14-16(9-11-22-19)20(25)24-12-13-28-18-6-4-17(27-3)5-7-18/h4-7,9,11,14-15H,8,10,12-13H2,1-3H3,(H,23,26)(H,24,25). The number of aromatic nitrogens is 1. The number of benzene rings is 1. The molecule has 0 aliphatic rings. The van der Waals surface area contributed by atoms with E-state index in [0.29, 0.717) is 36.9 Å². The first-order chi connectivity index (χ1) is 13.5. The van der Waals surface area contributed by atoms with E-state index in [1.807, 2.05) is 0 Å². The maximum atomic E-state index is 12.3. The summed E-state index contributed by atoms with van der Waals surface area (Å²) in [6.07, 6.45) is 2.35. The smallest absolute Gasteiger partial charge is 0.269 e. The zero-order valence-electron chi connectivity index (χ0n) is 16.5. The van der Waals surface area contributed by atoms with Crippen LogP contribution in [0.3, 0.4) is 0 Å². The second-order valence-corrected chi connectivity index (χ2v) is 6.65. The van der Waals surface area contributed by atoms with Crippen LogP contribution in [0.4, 0.5) is 0 Å². The average molecular weight is 385 g/mol. The monoisotopic (exact) mass is 385 g/mol. The van der Waals surface area contributed by atoms with Crippen molar-refractivity contribution in [2.45, 2.75) is 20.3 Å². The lowest BCUT2D eigenvalue weighted by atomic mass is 10.1. The van der Waals surface area contributed by atoms with Crippen LogP contribution in [0.15, 0.2) is 42.6 Å². The molecule has 7 nitrogen and oxygen atoms in total. The molecule has 0 radical (unpaired) electrons. The van der Waals surface area contributed by atoms with Gasteiger partial charge in [-0.25, -0.2) is 0 Å². The molecule has 2 amide bonds. The van der Waals surface area contributed by atoms with Crippen LogP contribution in [-0.4, -0.2) is 43.6 Å². The molecule has 1 aromatic carbocycles. The molecule has 0 saturated carbocycles. The highest BCUT2D eigenvalue weighted by molar-refractivity contribution is 5.98. The maximum Gasteiger partial charge on any atom is 0.269 e. The van der Waals surface area contributed by atoms with Crippen LogP contribution in [0.25, 0.3) is 0 Å². The van der Waals surface area contributed by atoms with E-state index >= 15 is 0 Å². The zero-order valence-corrected chi connectivity index (χ0v) is 16.5. The van der Waals surface area contributed by atoms with E-state index in [1.165, 1.54) is 12.3 Å². The van der Waals surface area contributed by atoms with Gasteiger partial charge in [-0.1, -0.05) is 13.8 Å².